The van der Waals surface area contributed by atoms with E-state index < -0.39 is 11.5 Å². The zero-order valence-electron chi connectivity index (χ0n) is 10.2. The highest BCUT2D eigenvalue weighted by atomic mass is 16.4. The van der Waals surface area contributed by atoms with Gasteiger partial charge in [0.05, 0.1) is 0 Å². The van der Waals surface area contributed by atoms with Crippen LogP contribution in [0.25, 0.3) is 0 Å². The number of urea groups is 1. The van der Waals surface area contributed by atoms with Crippen LogP contribution in [-0.4, -0.2) is 40.6 Å². The highest BCUT2D eigenvalue weighted by Gasteiger charge is 2.46. The van der Waals surface area contributed by atoms with Gasteiger partial charge in [-0.25, -0.2) is 9.59 Å². The molecule has 17 heavy (non-hydrogen) atoms. The summed E-state index contributed by atoms with van der Waals surface area (Å²) in [5.74, 6) is -0.276. The first-order valence-corrected chi connectivity index (χ1v) is 6.38. The van der Waals surface area contributed by atoms with Crippen molar-refractivity contribution >= 4 is 12.0 Å². The average Bonchev–Trinajstić information content (AvgIpc) is 3.02. The first-order valence-electron chi connectivity index (χ1n) is 6.38. The molecule has 0 aromatic heterocycles. The van der Waals surface area contributed by atoms with E-state index in [4.69, 9.17) is 5.11 Å². The zero-order valence-corrected chi connectivity index (χ0v) is 10.2. The van der Waals surface area contributed by atoms with Crippen molar-refractivity contribution in [3.63, 3.8) is 0 Å². The van der Waals surface area contributed by atoms with Gasteiger partial charge in [-0.1, -0.05) is 0 Å². The summed E-state index contributed by atoms with van der Waals surface area (Å²) in [7, 11) is 0. The van der Waals surface area contributed by atoms with Gasteiger partial charge in [0, 0.05) is 13.1 Å². The van der Waals surface area contributed by atoms with E-state index in [0.717, 1.165) is 13.0 Å². The Morgan fingerprint density at radius 3 is 2.41 bits per heavy atom. The third kappa shape index (κ3) is 2.53. The molecule has 0 heterocycles. The van der Waals surface area contributed by atoms with Crippen molar-refractivity contribution in [2.75, 3.05) is 13.1 Å². The van der Waals surface area contributed by atoms with E-state index in [9.17, 15) is 9.59 Å². The first kappa shape index (κ1) is 12.2. The molecule has 2 rings (SSSR count). The number of carboxylic acids is 1. The molecule has 0 aromatic carbocycles. The van der Waals surface area contributed by atoms with Crippen molar-refractivity contribution in [2.24, 2.45) is 5.92 Å². The maximum atomic E-state index is 12.0. The predicted octanol–water partition coefficient (Wildman–Crippen LogP) is 1.44. The Labute approximate surface area is 101 Å². The molecule has 0 radical (unpaired) electrons. The number of amides is 2. The normalized spacial score (nSPS) is 21.5. The molecule has 0 bridgehead atoms. The van der Waals surface area contributed by atoms with Crippen LogP contribution in [0.4, 0.5) is 4.79 Å². The fraction of sp³-hybridized carbons (Fsp3) is 0.833. The van der Waals surface area contributed by atoms with Crippen LogP contribution in [-0.2, 0) is 4.79 Å². The number of nitrogens with zero attached hydrogens (tertiary/aromatic N) is 1. The van der Waals surface area contributed by atoms with Crippen LogP contribution in [0, 0.1) is 5.92 Å². The molecular weight excluding hydrogens is 220 g/mol. The van der Waals surface area contributed by atoms with Crippen molar-refractivity contribution in [3.05, 3.63) is 0 Å². The summed E-state index contributed by atoms with van der Waals surface area (Å²) in [6.45, 7) is 3.33. The lowest BCUT2D eigenvalue weighted by Gasteiger charge is -2.39. The summed E-state index contributed by atoms with van der Waals surface area (Å²) in [5.41, 5.74) is -0.992. The number of carbonyl (C=O) groups is 2. The van der Waals surface area contributed by atoms with Gasteiger partial charge in [0.25, 0.3) is 0 Å². The molecule has 2 aliphatic carbocycles. The summed E-state index contributed by atoms with van der Waals surface area (Å²) in [6.07, 6.45) is 4.35. The van der Waals surface area contributed by atoms with Crippen LogP contribution >= 0.6 is 0 Å². The number of rotatable bonds is 5. The van der Waals surface area contributed by atoms with Gasteiger partial charge >= 0.3 is 12.0 Å². The lowest BCUT2D eigenvalue weighted by atomic mass is 9.77. The van der Waals surface area contributed by atoms with E-state index in [2.05, 4.69) is 5.32 Å². The number of aliphatic carboxylic acids is 1. The van der Waals surface area contributed by atoms with E-state index in [0.29, 0.717) is 25.3 Å². The van der Waals surface area contributed by atoms with E-state index in [-0.39, 0.29) is 6.03 Å². The lowest BCUT2D eigenvalue weighted by Crippen LogP contribution is -2.61. The summed E-state index contributed by atoms with van der Waals surface area (Å²) in [5, 5.41) is 11.8. The molecule has 0 aromatic rings. The Bertz CT molecular complexity index is 322. The standard InChI is InChI=1S/C12H20N2O3/c1-2-14(8-9-4-5-9)11(17)13-12(10(15)16)6-3-7-12/h9H,2-8H2,1H3,(H,13,17)(H,15,16). The third-order valence-corrected chi connectivity index (χ3v) is 3.81. The van der Waals surface area contributed by atoms with Crippen LogP contribution in [0.1, 0.15) is 39.0 Å². The Kier molecular flexibility index (Phi) is 3.26. The fourth-order valence-corrected chi connectivity index (χ4v) is 2.17. The molecule has 5 nitrogen and oxygen atoms in total. The smallest absolute Gasteiger partial charge is 0.329 e. The van der Waals surface area contributed by atoms with E-state index >= 15 is 0 Å². The molecule has 0 aliphatic heterocycles. The third-order valence-electron chi connectivity index (χ3n) is 3.81. The topological polar surface area (TPSA) is 69.6 Å². The van der Waals surface area contributed by atoms with Gasteiger partial charge in [0.2, 0.25) is 0 Å². The summed E-state index contributed by atoms with van der Waals surface area (Å²) >= 11 is 0. The average molecular weight is 240 g/mol. The van der Waals surface area contributed by atoms with Gasteiger partial charge in [-0.05, 0) is 44.9 Å². The van der Waals surface area contributed by atoms with Crippen LogP contribution in [0.2, 0.25) is 0 Å². The second-order valence-corrected chi connectivity index (χ2v) is 5.15. The minimum absolute atomic E-state index is 0.221. The molecule has 0 atom stereocenters. The van der Waals surface area contributed by atoms with Gasteiger partial charge in [-0.3, -0.25) is 0 Å². The number of carboxylic acid groups (broad SMARTS) is 1. The monoisotopic (exact) mass is 240 g/mol. The molecule has 2 aliphatic rings. The second kappa shape index (κ2) is 4.55. The summed E-state index contributed by atoms with van der Waals surface area (Å²) in [6, 6.07) is -0.221. The van der Waals surface area contributed by atoms with Crippen LogP contribution in [0.3, 0.4) is 0 Å². The van der Waals surface area contributed by atoms with Gasteiger partial charge in [0.15, 0.2) is 0 Å². The number of hydrogen-bond acceptors (Lipinski definition) is 2. The van der Waals surface area contributed by atoms with E-state index in [1.165, 1.54) is 12.8 Å². The van der Waals surface area contributed by atoms with Crippen LogP contribution in [0.5, 0.6) is 0 Å². The number of nitrogens with one attached hydrogen (secondary N) is 1. The Balaban J connectivity index is 1.91. The number of hydrogen-bond donors (Lipinski definition) is 2. The predicted molar refractivity (Wildman–Crippen MR) is 62.7 cm³/mol. The highest BCUT2D eigenvalue weighted by Crippen LogP contribution is 2.33. The number of carbonyl (C=O) groups excluding carboxylic acids is 1. The first-order chi connectivity index (χ1) is 8.07. The molecule has 2 amide bonds. The molecule has 2 N–H and O–H groups in total. The molecule has 0 unspecified atom stereocenters. The Morgan fingerprint density at radius 2 is 2.06 bits per heavy atom. The van der Waals surface area contributed by atoms with Crippen molar-refractivity contribution in [1.29, 1.82) is 0 Å². The minimum Gasteiger partial charge on any atom is -0.480 e. The lowest BCUT2D eigenvalue weighted by molar-refractivity contribution is -0.148. The van der Waals surface area contributed by atoms with Gasteiger partial charge in [0.1, 0.15) is 5.54 Å². The fourth-order valence-electron chi connectivity index (χ4n) is 2.17. The summed E-state index contributed by atoms with van der Waals surface area (Å²) < 4.78 is 0. The zero-order chi connectivity index (χ0) is 12.5. The minimum atomic E-state index is -0.992. The molecule has 2 saturated carbocycles. The molecule has 96 valence electrons. The molecule has 2 fully saturated rings. The highest BCUT2D eigenvalue weighted by molar-refractivity contribution is 5.87. The van der Waals surface area contributed by atoms with Crippen LogP contribution in [0.15, 0.2) is 0 Å². The largest absolute Gasteiger partial charge is 0.480 e. The maximum Gasteiger partial charge on any atom is 0.329 e. The van der Waals surface area contributed by atoms with Crippen molar-refractivity contribution in [2.45, 2.75) is 44.6 Å². The van der Waals surface area contributed by atoms with Gasteiger partial charge < -0.3 is 15.3 Å². The molecule has 5 heteroatoms. The summed E-state index contributed by atoms with van der Waals surface area (Å²) in [4.78, 5) is 24.9. The quantitative estimate of drug-likeness (QED) is 0.764. The van der Waals surface area contributed by atoms with Crippen molar-refractivity contribution < 1.29 is 14.7 Å². The molecule has 0 saturated heterocycles. The van der Waals surface area contributed by atoms with E-state index in [1.54, 1.807) is 4.90 Å². The molecule has 0 spiro atoms. The maximum absolute atomic E-state index is 12.0. The van der Waals surface area contributed by atoms with Gasteiger partial charge in [-0.2, -0.15) is 0 Å². The Morgan fingerprint density at radius 1 is 1.41 bits per heavy atom. The van der Waals surface area contributed by atoms with Gasteiger partial charge in [-0.15, -0.1) is 0 Å². The molecular formula is C12H20N2O3. The SMILES string of the molecule is CCN(CC1CC1)C(=O)NC1(C(=O)O)CCC1. The van der Waals surface area contributed by atoms with E-state index in [1.807, 2.05) is 6.92 Å². The Hall–Kier alpha value is -1.26. The van der Waals surface area contributed by atoms with Crippen LogP contribution < -0.4 is 5.32 Å². The second-order valence-electron chi connectivity index (χ2n) is 5.15. The van der Waals surface area contributed by atoms with Crippen molar-refractivity contribution in [1.82, 2.24) is 10.2 Å². The van der Waals surface area contributed by atoms with Crippen molar-refractivity contribution in [3.8, 4) is 0 Å².